The first-order chi connectivity index (χ1) is 8.39. The molecule has 1 saturated carbocycles. The van der Waals surface area contributed by atoms with Gasteiger partial charge in [0, 0.05) is 6.42 Å². The highest BCUT2D eigenvalue weighted by molar-refractivity contribution is 5.87. The zero-order valence-corrected chi connectivity index (χ0v) is 11.2. The third kappa shape index (κ3) is 3.70. The van der Waals surface area contributed by atoms with Gasteiger partial charge in [0.25, 0.3) is 0 Å². The quantitative estimate of drug-likeness (QED) is 0.687. The lowest BCUT2D eigenvalue weighted by Crippen LogP contribution is -2.56. The monoisotopic (exact) mass is 256 g/mol. The van der Waals surface area contributed by atoms with Crippen molar-refractivity contribution in [1.29, 1.82) is 0 Å². The van der Waals surface area contributed by atoms with Crippen LogP contribution >= 0.6 is 0 Å². The average molecular weight is 256 g/mol. The van der Waals surface area contributed by atoms with E-state index < -0.39 is 11.5 Å². The molecule has 5 heteroatoms. The number of nitrogens with two attached hydrogens (primary N) is 1. The van der Waals surface area contributed by atoms with E-state index in [9.17, 15) is 14.7 Å². The Hall–Kier alpha value is -1.10. The van der Waals surface area contributed by atoms with Gasteiger partial charge < -0.3 is 16.2 Å². The molecule has 0 aliphatic heterocycles. The van der Waals surface area contributed by atoms with E-state index in [4.69, 9.17) is 5.73 Å². The normalized spacial score (nSPS) is 29.6. The van der Waals surface area contributed by atoms with Gasteiger partial charge in [-0.25, -0.2) is 4.79 Å². The second kappa shape index (κ2) is 6.18. The van der Waals surface area contributed by atoms with Crippen LogP contribution in [0.4, 0.5) is 0 Å². The number of aliphatic carboxylic acids is 1. The molecule has 0 aromatic rings. The molecule has 104 valence electrons. The van der Waals surface area contributed by atoms with Gasteiger partial charge >= 0.3 is 5.97 Å². The molecule has 1 aliphatic carbocycles. The van der Waals surface area contributed by atoms with E-state index in [2.05, 4.69) is 12.2 Å². The molecular formula is C13H24N2O3. The van der Waals surface area contributed by atoms with Crippen molar-refractivity contribution in [3.05, 3.63) is 0 Å². The molecule has 0 aromatic heterocycles. The van der Waals surface area contributed by atoms with Gasteiger partial charge in [0.05, 0.1) is 0 Å². The Morgan fingerprint density at radius 1 is 1.44 bits per heavy atom. The molecule has 1 atom stereocenters. The Kier molecular flexibility index (Phi) is 5.14. The number of carboxylic acids is 1. The van der Waals surface area contributed by atoms with Crippen LogP contribution < -0.4 is 11.1 Å². The summed E-state index contributed by atoms with van der Waals surface area (Å²) in [7, 11) is 0. The lowest BCUT2D eigenvalue weighted by atomic mass is 9.77. The van der Waals surface area contributed by atoms with E-state index >= 15 is 0 Å². The zero-order chi connectivity index (χ0) is 13.8. The summed E-state index contributed by atoms with van der Waals surface area (Å²) in [5.74, 6) is -0.497. The Morgan fingerprint density at radius 2 is 2.00 bits per heavy atom. The fourth-order valence-electron chi connectivity index (χ4n) is 2.37. The molecule has 0 radical (unpaired) electrons. The fraction of sp³-hybridized carbons (Fsp3) is 0.846. The summed E-state index contributed by atoms with van der Waals surface area (Å²) < 4.78 is 0. The number of amides is 1. The van der Waals surface area contributed by atoms with Gasteiger partial charge in [0.15, 0.2) is 0 Å². The highest BCUT2D eigenvalue weighted by Gasteiger charge is 2.42. The number of rotatable bonds is 5. The molecule has 18 heavy (non-hydrogen) atoms. The van der Waals surface area contributed by atoms with Crippen LogP contribution in [0.5, 0.6) is 0 Å². The van der Waals surface area contributed by atoms with Crippen molar-refractivity contribution in [2.45, 2.75) is 51.5 Å². The molecule has 1 fully saturated rings. The van der Waals surface area contributed by atoms with Crippen LogP contribution in [0.2, 0.25) is 0 Å². The largest absolute Gasteiger partial charge is 0.480 e. The van der Waals surface area contributed by atoms with Crippen LogP contribution in [0.3, 0.4) is 0 Å². The van der Waals surface area contributed by atoms with Crippen molar-refractivity contribution in [3.8, 4) is 0 Å². The summed E-state index contributed by atoms with van der Waals surface area (Å²) in [5.41, 5.74) is 4.41. The molecule has 0 aromatic carbocycles. The fourth-order valence-corrected chi connectivity index (χ4v) is 2.37. The van der Waals surface area contributed by atoms with Gasteiger partial charge in [0.1, 0.15) is 5.54 Å². The van der Waals surface area contributed by atoms with Gasteiger partial charge in [-0.15, -0.1) is 0 Å². The number of nitrogens with one attached hydrogen (secondary N) is 1. The summed E-state index contributed by atoms with van der Waals surface area (Å²) in [6.45, 7) is 4.44. The van der Waals surface area contributed by atoms with Crippen LogP contribution in [-0.2, 0) is 9.59 Å². The van der Waals surface area contributed by atoms with Gasteiger partial charge in [-0.3, -0.25) is 4.79 Å². The predicted octanol–water partition coefficient (Wildman–Crippen LogP) is 1.12. The van der Waals surface area contributed by atoms with E-state index in [1.165, 1.54) is 0 Å². The highest BCUT2D eigenvalue weighted by atomic mass is 16.4. The molecule has 0 bridgehead atoms. The molecule has 4 N–H and O–H groups in total. The van der Waals surface area contributed by atoms with Crippen LogP contribution in [0, 0.1) is 11.8 Å². The van der Waals surface area contributed by atoms with Crippen molar-refractivity contribution < 1.29 is 14.7 Å². The Morgan fingerprint density at radius 3 is 2.44 bits per heavy atom. The molecule has 1 aliphatic rings. The molecule has 0 saturated heterocycles. The SMILES string of the molecule is CC1CCC(NC(=O)CC(C)CN)(C(=O)O)CC1. The number of carboxylic acid groups (broad SMARTS) is 1. The van der Waals surface area contributed by atoms with Crippen LogP contribution in [-0.4, -0.2) is 29.1 Å². The Labute approximate surface area is 108 Å². The lowest BCUT2D eigenvalue weighted by molar-refractivity contribution is -0.149. The average Bonchev–Trinajstić information content (AvgIpc) is 2.31. The summed E-state index contributed by atoms with van der Waals surface area (Å²) >= 11 is 0. The zero-order valence-electron chi connectivity index (χ0n) is 11.2. The van der Waals surface area contributed by atoms with Crippen molar-refractivity contribution >= 4 is 11.9 Å². The van der Waals surface area contributed by atoms with E-state index in [0.29, 0.717) is 31.7 Å². The smallest absolute Gasteiger partial charge is 0.329 e. The standard InChI is InChI=1S/C13H24N2O3/c1-9-3-5-13(6-4-9,12(17)18)15-11(16)7-10(2)8-14/h9-10H,3-8,14H2,1-2H3,(H,15,16)(H,17,18). The second-order valence-electron chi connectivity index (χ2n) is 5.66. The summed E-state index contributed by atoms with van der Waals surface area (Å²) in [5, 5.41) is 12.1. The predicted molar refractivity (Wildman–Crippen MR) is 69.0 cm³/mol. The maximum absolute atomic E-state index is 11.8. The van der Waals surface area contributed by atoms with Crippen molar-refractivity contribution in [3.63, 3.8) is 0 Å². The molecule has 1 unspecified atom stereocenters. The topological polar surface area (TPSA) is 92.4 Å². The molecule has 0 spiro atoms. The van der Waals surface area contributed by atoms with Crippen molar-refractivity contribution in [1.82, 2.24) is 5.32 Å². The van der Waals surface area contributed by atoms with Crippen molar-refractivity contribution in [2.75, 3.05) is 6.54 Å². The molecule has 5 nitrogen and oxygen atoms in total. The third-order valence-electron chi connectivity index (χ3n) is 3.85. The van der Waals surface area contributed by atoms with Gasteiger partial charge in [0.2, 0.25) is 5.91 Å². The molecule has 0 heterocycles. The minimum atomic E-state index is -1.06. The number of carbonyl (C=O) groups is 2. The molecular weight excluding hydrogens is 232 g/mol. The summed E-state index contributed by atoms with van der Waals surface area (Å²) in [4.78, 5) is 23.3. The number of carbonyl (C=O) groups excluding carboxylic acids is 1. The van der Waals surface area contributed by atoms with Gasteiger partial charge in [-0.2, -0.15) is 0 Å². The first-order valence-corrected chi connectivity index (χ1v) is 6.64. The summed E-state index contributed by atoms with van der Waals surface area (Å²) in [6.07, 6.45) is 3.03. The second-order valence-corrected chi connectivity index (χ2v) is 5.66. The van der Waals surface area contributed by atoms with E-state index in [0.717, 1.165) is 12.8 Å². The van der Waals surface area contributed by atoms with Gasteiger partial charge in [-0.1, -0.05) is 13.8 Å². The summed E-state index contributed by atoms with van der Waals surface area (Å²) in [6, 6.07) is 0. The van der Waals surface area contributed by atoms with Crippen LogP contribution in [0.25, 0.3) is 0 Å². The number of hydrogen-bond donors (Lipinski definition) is 3. The first kappa shape index (κ1) is 15.0. The first-order valence-electron chi connectivity index (χ1n) is 6.64. The maximum Gasteiger partial charge on any atom is 0.329 e. The van der Waals surface area contributed by atoms with Gasteiger partial charge in [-0.05, 0) is 44.1 Å². The lowest BCUT2D eigenvalue weighted by Gasteiger charge is -2.36. The highest BCUT2D eigenvalue weighted by Crippen LogP contribution is 2.32. The minimum absolute atomic E-state index is 0.0818. The van der Waals surface area contributed by atoms with Crippen LogP contribution in [0.15, 0.2) is 0 Å². The van der Waals surface area contributed by atoms with E-state index in [1.54, 1.807) is 0 Å². The van der Waals surface area contributed by atoms with Crippen LogP contribution in [0.1, 0.15) is 46.0 Å². The maximum atomic E-state index is 11.8. The minimum Gasteiger partial charge on any atom is -0.480 e. The Balaban J connectivity index is 2.63. The van der Waals surface area contributed by atoms with E-state index in [-0.39, 0.29) is 11.8 Å². The third-order valence-corrected chi connectivity index (χ3v) is 3.85. The van der Waals surface area contributed by atoms with E-state index in [1.807, 2.05) is 6.92 Å². The molecule has 1 amide bonds. The Bertz CT molecular complexity index is 309. The number of hydrogen-bond acceptors (Lipinski definition) is 3. The van der Waals surface area contributed by atoms with Crippen molar-refractivity contribution in [2.24, 2.45) is 17.6 Å². The molecule has 1 rings (SSSR count).